The molecule has 0 amide bonds. The van der Waals surface area contributed by atoms with E-state index in [2.05, 4.69) is 9.97 Å². The second-order valence-corrected chi connectivity index (χ2v) is 9.84. The van der Waals surface area contributed by atoms with Gasteiger partial charge in [0, 0.05) is 16.7 Å². The van der Waals surface area contributed by atoms with E-state index in [9.17, 15) is 9.18 Å². The summed E-state index contributed by atoms with van der Waals surface area (Å²) in [5.74, 6) is 0.921. The maximum absolute atomic E-state index is 14.4. The molecule has 3 heterocycles. The average Bonchev–Trinajstić information content (AvgIpc) is 3.40. The third kappa shape index (κ3) is 4.69. The highest BCUT2D eigenvalue weighted by Gasteiger charge is 2.35. The van der Waals surface area contributed by atoms with E-state index in [1.54, 1.807) is 16.8 Å². The first kappa shape index (κ1) is 26.2. The molecule has 2 atom stereocenters. The molecular weight excluding hydrogens is 521 g/mol. The lowest BCUT2D eigenvalue weighted by Gasteiger charge is -2.31. The van der Waals surface area contributed by atoms with E-state index in [0.29, 0.717) is 57.3 Å². The number of carbonyl (C=O) groups is 1. The van der Waals surface area contributed by atoms with Crippen molar-refractivity contribution >= 4 is 28.7 Å². The van der Waals surface area contributed by atoms with Gasteiger partial charge >= 0.3 is 0 Å². The van der Waals surface area contributed by atoms with E-state index in [0.717, 1.165) is 18.3 Å². The molecule has 0 saturated carbocycles. The molecule has 0 spiro atoms. The van der Waals surface area contributed by atoms with Crippen molar-refractivity contribution in [2.75, 3.05) is 12.3 Å². The summed E-state index contributed by atoms with van der Waals surface area (Å²) in [7, 11) is 0. The molecule has 0 bridgehead atoms. The predicted octanol–water partition coefficient (Wildman–Crippen LogP) is 6.35. The van der Waals surface area contributed by atoms with Gasteiger partial charge in [-0.15, -0.1) is 0 Å². The number of nitrogens with zero attached hydrogens (tertiary/aromatic N) is 4. The van der Waals surface area contributed by atoms with Crippen LogP contribution in [0.2, 0.25) is 0 Å². The summed E-state index contributed by atoms with van der Waals surface area (Å²) in [6.07, 6.45) is 3.14. The first-order valence-electron chi connectivity index (χ1n) is 13.4. The van der Waals surface area contributed by atoms with Crippen LogP contribution < -0.4 is 15.2 Å². The molecule has 0 aliphatic carbocycles. The van der Waals surface area contributed by atoms with Crippen molar-refractivity contribution in [3.63, 3.8) is 0 Å². The van der Waals surface area contributed by atoms with Crippen LogP contribution in [0, 0.1) is 5.82 Å². The molecule has 9 heteroatoms. The zero-order valence-electron chi connectivity index (χ0n) is 22.6. The van der Waals surface area contributed by atoms with Gasteiger partial charge < -0.3 is 20.0 Å². The molecule has 206 valence electrons. The molecular formula is C32H28FN5O3. The maximum atomic E-state index is 14.4. The van der Waals surface area contributed by atoms with Gasteiger partial charge in [-0.05, 0) is 49.2 Å². The fourth-order valence-electron chi connectivity index (χ4n) is 5.27. The molecule has 1 aliphatic rings. The second kappa shape index (κ2) is 10.8. The second-order valence-electron chi connectivity index (χ2n) is 9.84. The summed E-state index contributed by atoms with van der Waals surface area (Å²) >= 11 is 0. The van der Waals surface area contributed by atoms with Crippen molar-refractivity contribution < 1.29 is 18.7 Å². The van der Waals surface area contributed by atoms with Crippen LogP contribution in [0.1, 0.15) is 43.4 Å². The van der Waals surface area contributed by atoms with Crippen LogP contribution >= 0.6 is 0 Å². The number of para-hydroxylation sites is 1. The van der Waals surface area contributed by atoms with Gasteiger partial charge in [0.25, 0.3) is 0 Å². The SMILES string of the molecule is CCCOc1cccc(-c2nn(C(C)C3=C(c4cccc(F)c4)C(C=O)c4ccccc4O3)c3ncnc(N)c23)c1. The molecule has 8 nitrogen and oxygen atoms in total. The molecule has 41 heavy (non-hydrogen) atoms. The summed E-state index contributed by atoms with van der Waals surface area (Å²) in [4.78, 5) is 21.4. The zero-order chi connectivity index (χ0) is 28.5. The molecule has 5 aromatic rings. The number of hydrogen-bond acceptors (Lipinski definition) is 7. The van der Waals surface area contributed by atoms with Crippen LogP contribution in [0.3, 0.4) is 0 Å². The zero-order valence-corrected chi connectivity index (χ0v) is 22.6. The lowest BCUT2D eigenvalue weighted by Crippen LogP contribution is -2.23. The number of hydrogen-bond donors (Lipinski definition) is 1. The van der Waals surface area contributed by atoms with Gasteiger partial charge in [-0.2, -0.15) is 5.10 Å². The Kier molecular flexibility index (Phi) is 6.93. The maximum Gasteiger partial charge on any atom is 0.164 e. The number of aldehydes is 1. The number of anilines is 1. The van der Waals surface area contributed by atoms with Crippen LogP contribution in [0.25, 0.3) is 27.9 Å². The summed E-state index contributed by atoms with van der Waals surface area (Å²) in [6, 6.07) is 20.6. The van der Waals surface area contributed by atoms with Crippen molar-refractivity contribution in [2.24, 2.45) is 0 Å². The summed E-state index contributed by atoms with van der Waals surface area (Å²) in [5, 5.41) is 5.56. The van der Waals surface area contributed by atoms with Gasteiger partial charge in [-0.25, -0.2) is 19.0 Å². The Labute approximate surface area is 236 Å². The van der Waals surface area contributed by atoms with Gasteiger partial charge in [0.15, 0.2) is 5.65 Å². The van der Waals surface area contributed by atoms with Crippen LogP contribution in [0.15, 0.2) is 84.9 Å². The van der Waals surface area contributed by atoms with E-state index in [4.69, 9.17) is 20.3 Å². The average molecular weight is 550 g/mol. The van der Waals surface area contributed by atoms with Crippen LogP contribution in [0.5, 0.6) is 11.5 Å². The lowest BCUT2D eigenvalue weighted by atomic mass is 9.83. The predicted molar refractivity (Wildman–Crippen MR) is 155 cm³/mol. The van der Waals surface area contributed by atoms with Gasteiger partial charge in [0.05, 0.1) is 17.9 Å². The Morgan fingerprint density at radius 2 is 1.88 bits per heavy atom. The number of carbonyl (C=O) groups excluding carboxylic acids is 1. The topological polar surface area (TPSA) is 105 Å². The van der Waals surface area contributed by atoms with E-state index in [1.165, 1.54) is 18.5 Å². The van der Waals surface area contributed by atoms with Crippen LogP contribution in [-0.2, 0) is 4.79 Å². The number of halogens is 1. The number of ether oxygens (including phenoxy) is 2. The number of aromatic nitrogens is 4. The highest BCUT2D eigenvalue weighted by atomic mass is 19.1. The van der Waals surface area contributed by atoms with Crippen LogP contribution in [-0.4, -0.2) is 32.6 Å². The fraction of sp³-hybridized carbons (Fsp3) is 0.188. The molecule has 2 aromatic heterocycles. The van der Waals surface area contributed by atoms with Crippen molar-refractivity contribution in [3.05, 3.63) is 102 Å². The minimum Gasteiger partial charge on any atom is -0.494 e. The van der Waals surface area contributed by atoms with Gasteiger partial charge in [0.1, 0.15) is 53.2 Å². The Hall–Kier alpha value is -5.05. The van der Waals surface area contributed by atoms with Crippen LogP contribution in [0.4, 0.5) is 10.2 Å². The Morgan fingerprint density at radius 1 is 1.07 bits per heavy atom. The third-order valence-electron chi connectivity index (χ3n) is 7.17. The largest absolute Gasteiger partial charge is 0.494 e. The monoisotopic (exact) mass is 549 g/mol. The van der Waals surface area contributed by atoms with E-state index < -0.39 is 17.8 Å². The first-order valence-corrected chi connectivity index (χ1v) is 13.4. The number of allylic oxidation sites excluding steroid dienone is 2. The summed E-state index contributed by atoms with van der Waals surface area (Å²) in [6.45, 7) is 4.54. The van der Waals surface area contributed by atoms with Gasteiger partial charge in [0.2, 0.25) is 0 Å². The minimum atomic E-state index is -0.674. The summed E-state index contributed by atoms with van der Waals surface area (Å²) < 4.78 is 28.5. The Balaban J connectivity index is 1.56. The quantitative estimate of drug-likeness (QED) is 0.225. The highest BCUT2D eigenvalue weighted by Crippen LogP contribution is 2.46. The molecule has 2 N–H and O–H groups in total. The minimum absolute atomic E-state index is 0.281. The lowest BCUT2D eigenvalue weighted by molar-refractivity contribution is -0.108. The van der Waals surface area contributed by atoms with Crippen molar-refractivity contribution in [1.29, 1.82) is 0 Å². The molecule has 0 fully saturated rings. The molecule has 0 saturated heterocycles. The Bertz CT molecular complexity index is 1800. The molecule has 6 rings (SSSR count). The first-order chi connectivity index (χ1) is 20.0. The highest BCUT2D eigenvalue weighted by molar-refractivity contribution is 5.98. The number of rotatable bonds is 8. The number of fused-ring (bicyclic) bond motifs is 2. The van der Waals surface area contributed by atoms with Crippen molar-refractivity contribution in [1.82, 2.24) is 19.7 Å². The number of nitrogen functional groups attached to an aromatic ring is 1. The standard InChI is InChI=1S/C32H28FN5O3/c1-3-14-40-23-11-7-9-21(16-23)29-28-31(34)35-18-36-32(28)38(37-29)19(2)30-27(20-8-6-10-22(33)15-20)25(17-39)24-12-4-5-13-26(24)41-30/h4-13,15-19,25H,3,14H2,1-2H3,(H2,34,35,36). The fourth-order valence-corrected chi connectivity index (χ4v) is 5.27. The summed E-state index contributed by atoms with van der Waals surface area (Å²) in [5.41, 5.74) is 10.1. The van der Waals surface area contributed by atoms with E-state index in [-0.39, 0.29) is 5.82 Å². The Morgan fingerprint density at radius 3 is 2.68 bits per heavy atom. The van der Waals surface area contributed by atoms with Gasteiger partial charge in [-0.1, -0.05) is 49.4 Å². The van der Waals surface area contributed by atoms with E-state index in [1.807, 2.05) is 62.4 Å². The third-order valence-corrected chi connectivity index (χ3v) is 7.17. The molecule has 3 aromatic carbocycles. The number of benzene rings is 3. The van der Waals surface area contributed by atoms with Crippen molar-refractivity contribution in [3.8, 4) is 22.8 Å². The van der Waals surface area contributed by atoms with Crippen molar-refractivity contribution in [2.45, 2.75) is 32.2 Å². The molecule has 2 unspecified atom stereocenters. The normalized spacial score (nSPS) is 15.3. The molecule has 0 radical (unpaired) electrons. The molecule has 1 aliphatic heterocycles. The van der Waals surface area contributed by atoms with Gasteiger partial charge in [-0.3, -0.25) is 0 Å². The van der Waals surface area contributed by atoms with E-state index >= 15 is 0 Å². The smallest absolute Gasteiger partial charge is 0.164 e. The number of nitrogens with two attached hydrogens (primary N) is 1.